The maximum atomic E-state index is 16.3. The van der Waals surface area contributed by atoms with Crippen molar-refractivity contribution >= 4 is 80.5 Å². The zero-order valence-corrected chi connectivity index (χ0v) is 32.9. The number of aromatic nitrogens is 8. The van der Waals surface area contributed by atoms with Gasteiger partial charge in [-0.3, -0.25) is 37.0 Å². The van der Waals surface area contributed by atoms with Crippen LogP contribution in [0, 0.1) is 0 Å². The molecule has 26 heteroatoms. The van der Waals surface area contributed by atoms with Gasteiger partial charge in [0.15, 0.2) is 49.6 Å². The molecule has 0 aromatic carbocycles. The molecule has 3 aliphatic rings. The van der Waals surface area contributed by atoms with E-state index in [9.17, 15) is 13.9 Å². The van der Waals surface area contributed by atoms with Crippen molar-refractivity contribution in [2.24, 2.45) is 0 Å². The number of rotatable bonds is 4. The summed E-state index contributed by atoms with van der Waals surface area (Å²) in [5.74, 6) is -0.140. The molecule has 20 nitrogen and oxygen atoms in total. The van der Waals surface area contributed by atoms with Gasteiger partial charge < -0.3 is 25.4 Å². The fraction of sp³-hybridized carbons (Fsp3) is 0.615. The smallest absolute Gasteiger partial charge is 0.386 e. The van der Waals surface area contributed by atoms with E-state index in [1.165, 1.54) is 28.1 Å². The third-order valence-corrected chi connectivity index (χ3v) is 17.2. The molecule has 2 bridgehead atoms. The van der Waals surface area contributed by atoms with Crippen molar-refractivity contribution in [1.29, 1.82) is 0 Å². The van der Waals surface area contributed by atoms with Gasteiger partial charge >= 0.3 is 13.6 Å². The van der Waals surface area contributed by atoms with E-state index in [-0.39, 0.29) is 39.1 Å². The fourth-order valence-electron chi connectivity index (χ4n) is 5.91. The van der Waals surface area contributed by atoms with Gasteiger partial charge in [0.05, 0.1) is 25.9 Å². The van der Waals surface area contributed by atoms with E-state index in [2.05, 4.69) is 54.4 Å². The molecular formula is C26H37FN10O10P2S2Si. The second kappa shape index (κ2) is 13.4. The van der Waals surface area contributed by atoms with E-state index in [4.69, 9.17) is 43.5 Å². The Morgan fingerprint density at radius 1 is 0.923 bits per heavy atom. The first-order valence-electron chi connectivity index (χ1n) is 15.8. The Bertz CT molecular complexity index is 2170. The average Bonchev–Trinajstić information content (AvgIpc) is 3.80. The zero-order chi connectivity index (χ0) is 37.5. The number of thiol groups is 2. The Labute approximate surface area is 306 Å². The number of fused-ring (bicyclic) bond motifs is 5. The quantitative estimate of drug-likeness (QED) is 0.112. The topological polar surface area (TPSA) is 258 Å². The van der Waals surface area contributed by atoms with Crippen LogP contribution in [0.4, 0.5) is 16.2 Å². The summed E-state index contributed by atoms with van der Waals surface area (Å²) in [7, 11) is -2.69. The number of alkyl halides is 1. The number of hydrogen-bond acceptors (Lipinski definition) is 17. The molecule has 52 heavy (non-hydrogen) atoms. The number of nitrogen functional groups attached to an aromatic ring is 2. The molecule has 7 rings (SSSR count). The van der Waals surface area contributed by atoms with Gasteiger partial charge in [-0.05, 0) is 18.1 Å². The lowest BCUT2D eigenvalue weighted by Crippen LogP contribution is -2.50. The summed E-state index contributed by atoms with van der Waals surface area (Å²) in [6.45, 7) is 0.00642. The second-order valence-corrected chi connectivity index (χ2v) is 24.5. The van der Waals surface area contributed by atoms with Crippen LogP contribution in [0.25, 0.3) is 22.3 Å². The van der Waals surface area contributed by atoms with Crippen LogP contribution in [-0.2, 0) is 41.1 Å². The highest BCUT2D eigenvalue weighted by atomic mass is 32.7. The molecule has 0 radical (unpaired) electrons. The molecule has 4 aromatic rings. The molecule has 4 aromatic heterocycles. The lowest BCUT2D eigenvalue weighted by molar-refractivity contribution is -0.0567. The van der Waals surface area contributed by atoms with Crippen molar-refractivity contribution in [3.8, 4) is 0 Å². The van der Waals surface area contributed by atoms with Gasteiger partial charge in [0.1, 0.15) is 42.4 Å². The van der Waals surface area contributed by atoms with Crippen LogP contribution in [0.2, 0.25) is 18.1 Å². The van der Waals surface area contributed by atoms with Crippen molar-refractivity contribution in [1.82, 2.24) is 39.0 Å². The minimum atomic E-state index is -4.43. The molecule has 3 fully saturated rings. The molecule has 0 aliphatic carbocycles. The number of nitrogens with zero attached hydrogens (tertiary/aromatic N) is 7. The normalized spacial score (nSPS) is 34.9. The van der Waals surface area contributed by atoms with Crippen LogP contribution in [-0.4, -0.2) is 97.3 Å². The van der Waals surface area contributed by atoms with Gasteiger partial charge in [0.25, 0.3) is 5.56 Å². The number of H-pyrrole nitrogens is 1. The second-order valence-electron chi connectivity index (χ2n) is 13.9. The first-order valence-corrected chi connectivity index (χ1v) is 24.1. The Morgan fingerprint density at radius 2 is 1.52 bits per heavy atom. The van der Waals surface area contributed by atoms with Gasteiger partial charge in [0.2, 0.25) is 5.95 Å². The number of nitrogens with two attached hydrogens (primary N) is 2. The molecule has 3 saturated heterocycles. The Morgan fingerprint density at radius 3 is 2.19 bits per heavy atom. The predicted octanol–water partition coefficient (Wildman–Crippen LogP) is 3.54. The number of imidazole rings is 2. The number of halogens is 1. The number of nitrogens with one attached hydrogen (secondary N) is 1. The van der Waals surface area contributed by atoms with E-state index in [0.29, 0.717) is 0 Å². The monoisotopic (exact) mass is 822 g/mol. The van der Waals surface area contributed by atoms with E-state index in [0.717, 1.165) is 0 Å². The highest BCUT2D eigenvalue weighted by molar-refractivity contribution is 8.44. The van der Waals surface area contributed by atoms with Crippen molar-refractivity contribution in [3.05, 3.63) is 29.3 Å². The molecule has 0 amide bonds. The number of aromatic amines is 1. The van der Waals surface area contributed by atoms with Crippen LogP contribution >= 0.6 is 38.1 Å². The lowest BCUT2D eigenvalue weighted by Gasteiger charge is -2.40. The van der Waals surface area contributed by atoms with E-state index in [1.54, 1.807) is 0 Å². The van der Waals surface area contributed by atoms with Gasteiger partial charge in [-0.15, -0.1) is 0 Å². The number of anilines is 2. The van der Waals surface area contributed by atoms with E-state index in [1.807, 2.05) is 33.9 Å². The lowest BCUT2D eigenvalue weighted by atomic mass is 10.1. The standard InChI is InChI=1S/C26H37FN10O10P2S2Si/c1-26(2,3)52(4,5)47-17-12-7-42-48(39,50)45-16-11(43-23(13(16)27)36-9-32-14-19(28)30-8-31-20(14)36)6-41-49(40,51)46-18(17)24(44-12)37-10-33-15-21(37)34-25(29)35-22(15)38/h8-13,16-18,23-24H,6-7H2,1-5H3,(H,39,50)(H,40,51)(H2,28,30,31)(H3,29,34,35,38)/t11-,12-,13-,16-,17-,18-,23-,24-,48?,49?/m1/s1. The van der Waals surface area contributed by atoms with Gasteiger partial charge in [-0.2, -0.15) is 4.98 Å². The van der Waals surface area contributed by atoms with Crippen LogP contribution in [0.5, 0.6) is 0 Å². The predicted molar refractivity (Wildman–Crippen MR) is 192 cm³/mol. The summed E-state index contributed by atoms with van der Waals surface area (Å²) in [6.07, 6.45) is -7.46. The molecular weight excluding hydrogens is 786 g/mol. The van der Waals surface area contributed by atoms with Crippen LogP contribution in [0.3, 0.4) is 0 Å². The highest BCUT2D eigenvalue weighted by Gasteiger charge is 2.56. The molecule has 7 heterocycles. The number of hydrogen-bond donors (Lipinski definition) is 5. The highest BCUT2D eigenvalue weighted by Crippen LogP contribution is 2.61. The SMILES string of the molecule is CC(C)(C)[Si](C)(C)O[C@H]1[C@H]2OP(=O)(S)OC[C@H]3O[C@@H](n4cnc5c(N)ncnc54)[C@H](F)[C@@H]3OP(=O)(S)OC[C@H]1O[C@H]2n1cnc2c(=O)[nH]c(N)nc21. The zero-order valence-electron chi connectivity index (χ0n) is 28.3. The molecule has 0 saturated carbocycles. The van der Waals surface area contributed by atoms with Crippen LogP contribution in [0.15, 0.2) is 23.8 Å². The first-order chi connectivity index (χ1) is 24.3. The minimum Gasteiger partial charge on any atom is -0.408 e. The third-order valence-electron chi connectivity index (χ3n) is 9.49. The largest absolute Gasteiger partial charge is 0.408 e. The Balaban J connectivity index is 1.27. The molecule has 284 valence electrons. The first kappa shape index (κ1) is 37.8. The van der Waals surface area contributed by atoms with Gasteiger partial charge in [-0.1, -0.05) is 45.3 Å². The minimum absolute atomic E-state index is 0.0213. The molecule has 3 aliphatic heterocycles. The summed E-state index contributed by atoms with van der Waals surface area (Å²) in [4.78, 5) is 35.6. The summed E-state index contributed by atoms with van der Waals surface area (Å²) in [6, 6.07) is 0. The average molecular weight is 823 g/mol. The Hall–Kier alpha value is -2.47. The molecule has 10 atom stereocenters. The van der Waals surface area contributed by atoms with Crippen molar-refractivity contribution in [2.75, 3.05) is 24.7 Å². The van der Waals surface area contributed by atoms with Gasteiger partial charge in [-0.25, -0.2) is 33.5 Å². The summed E-state index contributed by atoms with van der Waals surface area (Å²) >= 11 is 8.45. The third kappa shape index (κ3) is 6.97. The van der Waals surface area contributed by atoms with Crippen LogP contribution < -0.4 is 17.0 Å². The maximum Gasteiger partial charge on any atom is 0.386 e. The Kier molecular flexibility index (Phi) is 9.73. The van der Waals surface area contributed by atoms with Crippen molar-refractivity contribution < 1.29 is 45.5 Å². The van der Waals surface area contributed by atoms with Crippen molar-refractivity contribution in [2.45, 2.75) is 88.1 Å². The number of ether oxygens (including phenoxy) is 2. The summed E-state index contributed by atoms with van der Waals surface area (Å²) < 4.78 is 89.4. The fourth-order valence-corrected chi connectivity index (χ4v) is 10.2. The molecule has 0 spiro atoms. The van der Waals surface area contributed by atoms with Crippen molar-refractivity contribution in [3.63, 3.8) is 0 Å². The molecule has 5 N–H and O–H groups in total. The van der Waals surface area contributed by atoms with Gasteiger partial charge in [0, 0.05) is 0 Å². The maximum absolute atomic E-state index is 16.3. The summed E-state index contributed by atoms with van der Waals surface area (Å²) in [5, 5.41) is -0.335. The van der Waals surface area contributed by atoms with E-state index >= 15 is 4.39 Å². The van der Waals surface area contributed by atoms with Crippen LogP contribution in [0.1, 0.15) is 33.2 Å². The van der Waals surface area contributed by atoms with E-state index < -0.39 is 89.8 Å². The molecule has 2 unspecified atom stereocenters. The summed E-state index contributed by atoms with van der Waals surface area (Å²) in [5.41, 5.74) is 11.5.